The van der Waals surface area contributed by atoms with Gasteiger partial charge in [-0.25, -0.2) is 0 Å². The SMILES string of the molecule is COc1cc2c(=O)c(-c3noc(CCc4ccccc4)n3)cn(Cc3ccc(Cl)cc3)c2cc1OC. The van der Waals surface area contributed by atoms with E-state index in [0.29, 0.717) is 51.8 Å². The van der Waals surface area contributed by atoms with Crippen molar-refractivity contribution >= 4 is 22.5 Å². The zero-order valence-electron chi connectivity index (χ0n) is 19.9. The molecule has 5 rings (SSSR count). The fourth-order valence-electron chi connectivity index (χ4n) is 4.16. The molecule has 0 unspecified atom stereocenters. The van der Waals surface area contributed by atoms with Gasteiger partial charge in [0.1, 0.15) is 0 Å². The van der Waals surface area contributed by atoms with Gasteiger partial charge in [0.05, 0.1) is 30.7 Å². The molecule has 0 atom stereocenters. The quantitative estimate of drug-likeness (QED) is 0.277. The number of nitrogens with zero attached hydrogens (tertiary/aromatic N) is 3. The first kappa shape index (κ1) is 23.6. The Morgan fingerprint density at radius 2 is 1.64 bits per heavy atom. The molecule has 36 heavy (non-hydrogen) atoms. The number of halogens is 1. The van der Waals surface area contributed by atoms with Crippen LogP contribution in [0, 0.1) is 0 Å². The molecular weight excluding hydrogens is 478 g/mol. The highest BCUT2D eigenvalue weighted by atomic mass is 35.5. The minimum Gasteiger partial charge on any atom is -0.493 e. The lowest BCUT2D eigenvalue weighted by molar-refractivity contribution is 0.355. The second kappa shape index (κ2) is 10.3. The van der Waals surface area contributed by atoms with E-state index in [1.165, 1.54) is 12.7 Å². The van der Waals surface area contributed by atoms with E-state index in [2.05, 4.69) is 22.3 Å². The highest BCUT2D eigenvalue weighted by molar-refractivity contribution is 6.30. The van der Waals surface area contributed by atoms with E-state index >= 15 is 0 Å². The van der Waals surface area contributed by atoms with Gasteiger partial charge in [-0.05, 0) is 35.7 Å². The van der Waals surface area contributed by atoms with E-state index in [4.69, 9.17) is 25.6 Å². The van der Waals surface area contributed by atoms with Crippen molar-refractivity contribution in [2.24, 2.45) is 0 Å². The van der Waals surface area contributed by atoms with Gasteiger partial charge in [0.15, 0.2) is 11.5 Å². The summed E-state index contributed by atoms with van der Waals surface area (Å²) in [6.07, 6.45) is 3.10. The van der Waals surface area contributed by atoms with Crippen molar-refractivity contribution < 1.29 is 14.0 Å². The lowest BCUT2D eigenvalue weighted by atomic mass is 10.1. The van der Waals surface area contributed by atoms with Gasteiger partial charge in [-0.3, -0.25) is 4.79 Å². The van der Waals surface area contributed by atoms with E-state index in [9.17, 15) is 4.79 Å². The number of rotatable bonds is 8. The zero-order valence-corrected chi connectivity index (χ0v) is 20.7. The highest BCUT2D eigenvalue weighted by Gasteiger charge is 2.19. The second-order valence-electron chi connectivity index (χ2n) is 8.35. The summed E-state index contributed by atoms with van der Waals surface area (Å²) in [5, 5.41) is 5.25. The van der Waals surface area contributed by atoms with E-state index in [1.54, 1.807) is 25.4 Å². The Morgan fingerprint density at radius 1 is 0.917 bits per heavy atom. The van der Waals surface area contributed by atoms with Gasteiger partial charge in [0.25, 0.3) is 0 Å². The van der Waals surface area contributed by atoms with Crippen LogP contribution in [-0.2, 0) is 19.4 Å². The number of fused-ring (bicyclic) bond motifs is 1. The molecule has 2 heterocycles. The first-order valence-electron chi connectivity index (χ1n) is 11.5. The Kier molecular flexibility index (Phi) is 6.73. The summed E-state index contributed by atoms with van der Waals surface area (Å²) >= 11 is 6.07. The standard InChI is InChI=1S/C28H24ClN3O4/c1-34-24-14-21-23(15-25(24)35-2)32(16-19-8-11-20(29)12-9-19)17-22(27(21)33)28-30-26(36-31-28)13-10-18-6-4-3-5-7-18/h3-9,11-12,14-15,17H,10,13,16H2,1-2H3. The fourth-order valence-corrected chi connectivity index (χ4v) is 4.28. The fraction of sp³-hybridized carbons (Fsp3) is 0.179. The molecule has 3 aromatic carbocycles. The molecular formula is C28H24ClN3O4. The minimum atomic E-state index is -0.214. The van der Waals surface area contributed by atoms with Crippen LogP contribution >= 0.6 is 11.6 Å². The summed E-state index contributed by atoms with van der Waals surface area (Å²) in [7, 11) is 3.11. The van der Waals surface area contributed by atoms with Gasteiger partial charge in [-0.15, -0.1) is 0 Å². The number of methoxy groups -OCH3 is 2. The first-order chi connectivity index (χ1) is 17.6. The van der Waals surface area contributed by atoms with Crippen molar-refractivity contribution in [2.45, 2.75) is 19.4 Å². The van der Waals surface area contributed by atoms with Gasteiger partial charge >= 0.3 is 0 Å². The summed E-state index contributed by atoms with van der Waals surface area (Å²) in [6.45, 7) is 0.495. The molecule has 0 bridgehead atoms. The molecule has 0 aliphatic heterocycles. The molecule has 8 heteroatoms. The van der Waals surface area contributed by atoms with Crippen LogP contribution in [-0.4, -0.2) is 28.9 Å². The normalized spacial score (nSPS) is 11.1. The second-order valence-corrected chi connectivity index (χ2v) is 8.78. The Balaban J connectivity index is 1.58. The van der Waals surface area contributed by atoms with Crippen LogP contribution in [0.4, 0.5) is 0 Å². The molecule has 0 fully saturated rings. The Bertz CT molecular complexity index is 1560. The van der Waals surface area contributed by atoms with Crippen LogP contribution in [0.2, 0.25) is 5.02 Å². The summed E-state index contributed by atoms with van der Waals surface area (Å²) in [5.74, 6) is 1.73. The number of benzene rings is 3. The summed E-state index contributed by atoms with van der Waals surface area (Å²) < 4.78 is 18.4. The Labute approximate surface area is 212 Å². The monoisotopic (exact) mass is 501 g/mol. The molecule has 0 amide bonds. The predicted molar refractivity (Wildman–Crippen MR) is 139 cm³/mol. The molecule has 0 radical (unpaired) electrons. The van der Waals surface area contributed by atoms with E-state index in [1.807, 2.05) is 47.0 Å². The lowest BCUT2D eigenvalue weighted by Gasteiger charge is -2.15. The molecule has 0 spiro atoms. The molecule has 0 aliphatic carbocycles. The summed E-state index contributed by atoms with van der Waals surface area (Å²) in [6, 6.07) is 21.1. The van der Waals surface area contributed by atoms with Crippen LogP contribution in [0.1, 0.15) is 17.0 Å². The third-order valence-electron chi connectivity index (χ3n) is 6.03. The van der Waals surface area contributed by atoms with Gasteiger partial charge in [-0.2, -0.15) is 4.98 Å². The van der Waals surface area contributed by atoms with Gasteiger partial charge in [-0.1, -0.05) is 59.2 Å². The van der Waals surface area contributed by atoms with Crippen molar-refractivity contribution in [3.63, 3.8) is 0 Å². The van der Waals surface area contributed by atoms with Crippen LogP contribution in [0.15, 0.2) is 82.2 Å². The van der Waals surface area contributed by atoms with Crippen LogP contribution in [0.5, 0.6) is 11.5 Å². The average molecular weight is 502 g/mol. The third kappa shape index (κ3) is 4.83. The van der Waals surface area contributed by atoms with Crippen molar-refractivity contribution in [2.75, 3.05) is 14.2 Å². The van der Waals surface area contributed by atoms with E-state index in [-0.39, 0.29) is 11.3 Å². The number of ether oxygens (including phenoxy) is 2. The van der Waals surface area contributed by atoms with E-state index in [0.717, 1.165) is 12.0 Å². The lowest BCUT2D eigenvalue weighted by Crippen LogP contribution is -2.14. The molecule has 7 nitrogen and oxygen atoms in total. The maximum Gasteiger partial charge on any atom is 0.227 e. The number of hydrogen-bond donors (Lipinski definition) is 0. The number of aryl methyl sites for hydroxylation is 2. The highest BCUT2D eigenvalue weighted by Crippen LogP contribution is 2.32. The van der Waals surface area contributed by atoms with Gasteiger partial charge in [0, 0.05) is 30.3 Å². The molecule has 0 saturated heterocycles. The van der Waals surface area contributed by atoms with Gasteiger partial charge in [0.2, 0.25) is 17.1 Å². The van der Waals surface area contributed by atoms with Crippen LogP contribution < -0.4 is 14.9 Å². The predicted octanol–water partition coefficient (Wildman–Crippen LogP) is 5.56. The number of aromatic nitrogens is 3. The molecule has 0 aliphatic rings. The van der Waals surface area contributed by atoms with Crippen molar-refractivity contribution in [3.05, 3.63) is 105 Å². The zero-order chi connectivity index (χ0) is 25.1. The minimum absolute atomic E-state index is 0.214. The summed E-state index contributed by atoms with van der Waals surface area (Å²) in [4.78, 5) is 18.1. The van der Waals surface area contributed by atoms with E-state index < -0.39 is 0 Å². The topological polar surface area (TPSA) is 79.4 Å². The van der Waals surface area contributed by atoms with Crippen molar-refractivity contribution in [1.82, 2.24) is 14.7 Å². The third-order valence-corrected chi connectivity index (χ3v) is 6.28. The smallest absolute Gasteiger partial charge is 0.227 e. The van der Waals surface area contributed by atoms with Gasteiger partial charge < -0.3 is 18.6 Å². The molecule has 5 aromatic rings. The number of pyridine rings is 1. The first-order valence-corrected chi connectivity index (χ1v) is 11.8. The van der Waals surface area contributed by atoms with Crippen LogP contribution in [0.3, 0.4) is 0 Å². The molecule has 182 valence electrons. The average Bonchev–Trinajstić information content (AvgIpc) is 3.39. The molecule has 2 aromatic heterocycles. The van der Waals surface area contributed by atoms with Crippen LogP contribution in [0.25, 0.3) is 22.3 Å². The van der Waals surface area contributed by atoms with Crippen molar-refractivity contribution in [1.29, 1.82) is 0 Å². The Morgan fingerprint density at radius 3 is 2.36 bits per heavy atom. The summed E-state index contributed by atoms with van der Waals surface area (Å²) in [5.41, 5.74) is 3.02. The maximum atomic E-state index is 13.6. The molecule has 0 saturated carbocycles. The Hall–Kier alpha value is -4.10. The number of hydrogen-bond acceptors (Lipinski definition) is 6. The largest absolute Gasteiger partial charge is 0.493 e. The molecule has 0 N–H and O–H groups in total. The van der Waals surface area contributed by atoms with Crippen molar-refractivity contribution in [3.8, 4) is 22.9 Å². The maximum absolute atomic E-state index is 13.6.